The zero-order chi connectivity index (χ0) is 12.4. The Labute approximate surface area is 104 Å². The highest BCUT2D eigenvalue weighted by Crippen LogP contribution is 2.23. The maximum atomic E-state index is 12.9. The molecule has 5 heteroatoms. The van der Waals surface area contributed by atoms with Gasteiger partial charge in [0.05, 0.1) is 11.4 Å². The van der Waals surface area contributed by atoms with Gasteiger partial charge in [0.15, 0.2) is 0 Å². The lowest BCUT2D eigenvalue weighted by molar-refractivity contribution is -0.139. The number of carbonyl (C=O) groups is 1. The summed E-state index contributed by atoms with van der Waals surface area (Å²) in [4.78, 5) is 12.6. The Kier molecular flexibility index (Phi) is 3.64. The van der Waals surface area contributed by atoms with Gasteiger partial charge < -0.3 is 5.11 Å². The molecule has 1 aromatic rings. The molecule has 0 amide bonds. The fourth-order valence-electron chi connectivity index (χ4n) is 2.08. The average molecular weight is 258 g/mol. The van der Waals surface area contributed by atoms with E-state index in [1.54, 1.807) is 12.1 Å². The predicted octanol–water partition coefficient (Wildman–Crippen LogP) is 2.39. The number of likely N-dealkylation sites (tertiary alicyclic amines) is 1. The first-order valence-electron chi connectivity index (χ1n) is 5.42. The zero-order valence-corrected chi connectivity index (χ0v) is 9.95. The minimum atomic E-state index is -0.750. The molecule has 0 spiro atoms. The molecule has 1 fully saturated rings. The van der Waals surface area contributed by atoms with Crippen molar-refractivity contribution < 1.29 is 14.3 Å². The summed E-state index contributed by atoms with van der Waals surface area (Å²) < 4.78 is 12.9. The molecule has 1 aromatic carbocycles. The lowest BCUT2D eigenvalue weighted by Crippen LogP contribution is -2.46. The van der Waals surface area contributed by atoms with Crippen LogP contribution in [0.15, 0.2) is 18.2 Å². The molecule has 2 rings (SSSR count). The van der Waals surface area contributed by atoms with Gasteiger partial charge in [-0.3, -0.25) is 9.69 Å². The lowest BCUT2D eigenvalue weighted by atomic mass is 9.96. The highest BCUT2D eigenvalue weighted by Gasteiger charge is 2.28. The van der Waals surface area contributed by atoms with Crippen LogP contribution in [0.25, 0.3) is 0 Å². The third-order valence-electron chi connectivity index (χ3n) is 2.89. The van der Waals surface area contributed by atoms with E-state index in [4.69, 9.17) is 16.7 Å². The molecule has 1 N–H and O–H groups in total. The molecule has 1 aliphatic rings. The SMILES string of the molecule is O=C(O)CC1CN(Cc2ccc(F)c(Cl)c2)C1. The molecule has 0 atom stereocenters. The van der Waals surface area contributed by atoms with Gasteiger partial charge in [-0.15, -0.1) is 0 Å². The highest BCUT2D eigenvalue weighted by atomic mass is 35.5. The monoisotopic (exact) mass is 257 g/mol. The van der Waals surface area contributed by atoms with Crippen LogP contribution >= 0.6 is 11.6 Å². The summed E-state index contributed by atoms with van der Waals surface area (Å²) in [6.07, 6.45) is 0.223. The van der Waals surface area contributed by atoms with Crippen molar-refractivity contribution in [3.05, 3.63) is 34.6 Å². The van der Waals surface area contributed by atoms with E-state index in [1.165, 1.54) is 6.07 Å². The fourth-order valence-corrected chi connectivity index (χ4v) is 2.28. The van der Waals surface area contributed by atoms with Crippen LogP contribution in [0.5, 0.6) is 0 Å². The van der Waals surface area contributed by atoms with Gasteiger partial charge in [0.25, 0.3) is 0 Å². The quantitative estimate of drug-likeness (QED) is 0.900. The largest absolute Gasteiger partial charge is 0.481 e. The Morgan fingerprint density at radius 2 is 2.24 bits per heavy atom. The van der Waals surface area contributed by atoms with Crippen LogP contribution in [-0.4, -0.2) is 29.1 Å². The Balaban J connectivity index is 1.83. The molecule has 1 aliphatic heterocycles. The number of hydrogen-bond acceptors (Lipinski definition) is 2. The third-order valence-corrected chi connectivity index (χ3v) is 3.18. The number of hydrogen-bond donors (Lipinski definition) is 1. The minimum absolute atomic E-state index is 0.130. The van der Waals surface area contributed by atoms with E-state index < -0.39 is 11.8 Å². The number of carboxylic acid groups (broad SMARTS) is 1. The van der Waals surface area contributed by atoms with Crippen molar-refractivity contribution >= 4 is 17.6 Å². The topological polar surface area (TPSA) is 40.5 Å². The van der Waals surface area contributed by atoms with Crippen molar-refractivity contribution in [3.8, 4) is 0 Å². The predicted molar refractivity (Wildman–Crippen MR) is 62.4 cm³/mol. The molecule has 1 saturated heterocycles. The second-order valence-electron chi connectivity index (χ2n) is 4.41. The van der Waals surface area contributed by atoms with E-state index in [9.17, 15) is 9.18 Å². The van der Waals surface area contributed by atoms with Crippen molar-refractivity contribution in [1.29, 1.82) is 0 Å². The zero-order valence-electron chi connectivity index (χ0n) is 9.20. The van der Waals surface area contributed by atoms with Crippen LogP contribution in [-0.2, 0) is 11.3 Å². The van der Waals surface area contributed by atoms with E-state index in [2.05, 4.69) is 4.90 Å². The van der Waals surface area contributed by atoms with Gasteiger partial charge in [-0.05, 0) is 23.6 Å². The molecular formula is C12H13ClFNO2. The first-order chi connectivity index (χ1) is 8.04. The van der Waals surface area contributed by atoms with Gasteiger partial charge >= 0.3 is 5.97 Å². The Morgan fingerprint density at radius 3 is 2.82 bits per heavy atom. The van der Waals surface area contributed by atoms with Gasteiger partial charge in [0, 0.05) is 19.6 Å². The van der Waals surface area contributed by atoms with Gasteiger partial charge in [-0.25, -0.2) is 4.39 Å². The number of nitrogens with zero attached hydrogens (tertiary/aromatic N) is 1. The van der Waals surface area contributed by atoms with Crippen LogP contribution in [0, 0.1) is 11.7 Å². The summed E-state index contributed by atoms with van der Waals surface area (Å²) in [6.45, 7) is 2.25. The summed E-state index contributed by atoms with van der Waals surface area (Å²) in [5, 5.41) is 8.74. The van der Waals surface area contributed by atoms with Gasteiger partial charge in [-0.2, -0.15) is 0 Å². The third kappa shape index (κ3) is 3.17. The van der Waals surface area contributed by atoms with Gasteiger partial charge in [0.2, 0.25) is 0 Å². The Morgan fingerprint density at radius 1 is 1.53 bits per heavy atom. The first-order valence-corrected chi connectivity index (χ1v) is 5.80. The van der Waals surface area contributed by atoms with Crippen molar-refractivity contribution in [2.45, 2.75) is 13.0 Å². The van der Waals surface area contributed by atoms with Crippen molar-refractivity contribution in [1.82, 2.24) is 4.90 Å². The van der Waals surface area contributed by atoms with Crippen LogP contribution in [0.4, 0.5) is 4.39 Å². The summed E-state index contributed by atoms with van der Waals surface area (Å²) in [5.74, 6) is -0.925. The molecular weight excluding hydrogens is 245 g/mol. The minimum Gasteiger partial charge on any atom is -0.481 e. The molecule has 0 aromatic heterocycles. The standard InChI is InChI=1S/C12H13ClFNO2/c13-10-3-8(1-2-11(10)14)5-15-6-9(7-15)4-12(16)17/h1-3,9H,4-7H2,(H,16,17). The molecule has 3 nitrogen and oxygen atoms in total. The molecule has 17 heavy (non-hydrogen) atoms. The second-order valence-corrected chi connectivity index (χ2v) is 4.81. The van der Waals surface area contributed by atoms with Crippen molar-refractivity contribution in [2.24, 2.45) is 5.92 Å². The van der Waals surface area contributed by atoms with Gasteiger partial charge in [0.1, 0.15) is 5.82 Å². The van der Waals surface area contributed by atoms with E-state index >= 15 is 0 Å². The lowest BCUT2D eigenvalue weighted by Gasteiger charge is -2.38. The first kappa shape index (κ1) is 12.3. The fraction of sp³-hybridized carbons (Fsp3) is 0.417. The number of carboxylic acids is 1. The normalized spacial score (nSPS) is 16.8. The van der Waals surface area contributed by atoms with Crippen molar-refractivity contribution in [3.63, 3.8) is 0 Å². The van der Waals surface area contributed by atoms with Crippen molar-refractivity contribution in [2.75, 3.05) is 13.1 Å². The molecule has 0 unspecified atom stereocenters. The number of benzene rings is 1. The van der Waals surface area contributed by atoms with E-state index in [-0.39, 0.29) is 17.4 Å². The maximum Gasteiger partial charge on any atom is 0.303 e. The van der Waals surface area contributed by atoms with E-state index in [0.29, 0.717) is 6.54 Å². The van der Waals surface area contributed by atoms with E-state index in [1.807, 2.05) is 0 Å². The number of rotatable bonds is 4. The molecule has 0 bridgehead atoms. The average Bonchev–Trinajstić information content (AvgIpc) is 2.19. The van der Waals surface area contributed by atoms with Crippen LogP contribution in [0.2, 0.25) is 5.02 Å². The molecule has 0 aliphatic carbocycles. The number of halogens is 2. The molecule has 92 valence electrons. The summed E-state index contributed by atoms with van der Waals surface area (Å²) in [5.41, 5.74) is 0.949. The molecule has 0 radical (unpaired) electrons. The molecule has 0 saturated carbocycles. The Hall–Kier alpha value is -1.13. The second kappa shape index (κ2) is 5.02. The van der Waals surface area contributed by atoms with Crippen LogP contribution in [0.1, 0.15) is 12.0 Å². The van der Waals surface area contributed by atoms with E-state index in [0.717, 1.165) is 18.7 Å². The van der Waals surface area contributed by atoms with Crippen LogP contribution < -0.4 is 0 Å². The Bertz CT molecular complexity index is 433. The summed E-state index contributed by atoms with van der Waals surface area (Å²) in [7, 11) is 0. The van der Waals surface area contributed by atoms with Crippen LogP contribution in [0.3, 0.4) is 0 Å². The maximum absolute atomic E-state index is 12.9. The number of aliphatic carboxylic acids is 1. The highest BCUT2D eigenvalue weighted by molar-refractivity contribution is 6.30. The summed E-state index contributed by atoms with van der Waals surface area (Å²) in [6, 6.07) is 4.67. The van der Waals surface area contributed by atoms with Gasteiger partial charge in [-0.1, -0.05) is 17.7 Å². The smallest absolute Gasteiger partial charge is 0.303 e. The molecule has 1 heterocycles. The summed E-state index contributed by atoms with van der Waals surface area (Å²) >= 11 is 5.68.